The van der Waals surface area contributed by atoms with Gasteiger partial charge in [0.2, 0.25) is 0 Å². The Balaban J connectivity index is 1.27. The van der Waals surface area contributed by atoms with Crippen molar-refractivity contribution in [3.8, 4) is 17.2 Å². The van der Waals surface area contributed by atoms with E-state index in [1.807, 2.05) is 47.6 Å². The number of amides is 3. The molecule has 1 aliphatic rings. The summed E-state index contributed by atoms with van der Waals surface area (Å²) in [5.74, 6) is -0.504. The number of halogens is 1. The number of hydrogen-bond donors (Lipinski definition) is 3. The van der Waals surface area contributed by atoms with Crippen LogP contribution in [0.25, 0.3) is 5.69 Å². The van der Waals surface area contributed by atoms with Gasteiger partial charge in [0.05, 0.1) is 18.0 Å². The van der Waals surface area contributed by atoms with Gasteiger partial charge in [-0.15, -0.1) is 5.10 Å². The molecule has 5 rings (SSSR count). The second kappa shape index (κ2) is 12.7. The van der Waals surface area contributed by atoms with Crippen molar-refractivity contribution in [3.63, 3.8) is 0 Å². The minimum absolute atomic E-state index is 0.0284. The monoisotopic (exact) mass is 616 g/mol. The summed E-state index contributed by atoms with van der Waals surface area (Å²) < 4.78 is 33.5. The maximum atomic E-state index is 14.9. The molecule has 236 valence electrons. The molecule has 12 heteroatoms. The molecule has 1 fully saturated rings. The van der Waals surface area contributed by atoms with Gasteiger partial charge in [-0.2, -0.15) is 0 Å². The Kier molecular flexibility index (Phi) is 8.89. The lowest BCUT2D eigenvalue weighted by Crippen LogP contribution is -2.34. The smallest absolute Gasteiger partial charge is 0.324 e. The second-order valence-corrected chi connectivity index (χ2v) is 12.3. The summed E-state index contributed by atoms with van der Waals surface area (Å²) in [5.41, 5.74) is 2.14. The molecule has 45 heavy (non-hydrogen) atoms. The van der Waals surface area contributed by atoms with Crippen LogP contribution in [0.15, 0.2) is 67.0 Å². The Morgan fingerprint density at radius 2 is 1.87 bits per heavy atom. The first-order valence-electron chi connectivity index (χ1n) is 14.5. The molecule has 4 aromatic rings. The van der Waals surface area contributed by atoms with Crippen LogP contribution >= 0.6 is 0 Å². The number of pyridine rings is 1. The van der Waals surface area contributed by atoms with Gasteiger partial charge in [0.25, 0.3) is 5.91 Å². The van der Waals surface area contributed by atoms with Crippen LogP contribution in [0, 0.1) is 12.7 Å². The molecule has 1 atom stereocenters. The van der Waals surface area contributed by atoms with Gasteiger partial charge >= 0.3 is 6.03 Å². The molecule has 2 aromatic carbocycles. The van der Waals surface area contributed by atoms with Crippen molar-refractivity contribution in [2.45, 2.75) is 58.8 Å². The zero-order valence-electron chi connectivity index (χ0n) is 26.1. The molecule has 3 amide bonds. The van der Waals surface area contributed by atoms with E-state index in [2.05, 4.69) is 26.0 Å². The highest BCUT2D eigenvalue weighted by Gasteiger charge is 2.32. The lowest BCUT2D eigenvalue weighted by atomic mass is 9.89. The number of hydrogen-bond acceptors (Lipinski definition) is 7. The maximum Gasteiger partial charge on any atom is 0.324 e. The topological polar surface area (TPSA) is 129 Å². The minimum Gasteiger partial charge on any atom is -0.457 e. The summed E-state index contributed by atoms with van der Waals surface area (Å²) in [5, 5.41) is 12.8. The fourth-order valence-electron chi connectivity index (χ4n) is 4.75. The van der Waals surface area contributed by atoms with E-state index in [4.69, 9.17) is 14.2 Å². The minimum atomic E-state index is -0.670. The average molecular weight is 617 g/mol. The Bertz CT molecular complexity index is 1710. The number of aromatic nitrogens is 3. The van der Waals surface area contributed by atoms with Crippen LogP contribution in [0.2, 0.25) is 0 Å². The van der Waals surface area contributed by atoms with Crippen LogP contribution in [0.3, 0.4) is 0 Å². The van der Waals surface area contributed by atoms with Crippen LogP contribution in [0.4, 0.5) is 20.7 Å². The highest BCUT2D eigenvalue weighted by molar-refractivity contribution is 6.00. The van der Waals surface area contributed by atoms with Crippen LogP contribution in [0.5, 0.6) is 11.5 Å². The van der Waals surface area contributed by atoms with E-state index >= 15 is 0 Å². The standard InChI is InChI=1S/C33H37FN6O5/c1-20-14-24(12-13-35-20)44-23-10-11-28(27(34)16-23)37-31(42)38-29-26(32(2,3)4)18-40(39-29)22-9-7-8-21(15-22)30(41)36-17-25-19-43-33(5,6)45-25/h7-16,18,25H,17,19H2,1-6H3,(H,36,41)(H2,37,38,39,42). The summed E-state index contributed by atoms with van der Waals surface area (Å²) in [6, 6.07) is 13.9. The summed E-state index contributed by atoms with van der Waals surface area (Å²) in [7, 11) is 0. The Morgan fingerprint density at radius 3 is 2.56 bits per heavy atom. The number of ether oxygens (including phenoxy) is 3. The number of benzene rings is 2. The van der Waals surface area contributed by atoms with Crippen LogP contribution < -0.4 is 20.7 Å². The van der Waals surface area contributed by atoms with Gasteiger partial charge in [-0.1, -0.05) is 26.8 Å². The van der Waals surface area contributed by atoms with Crippen molar-refractivity contribution in [2.24, 2.45) is 0 Å². The molecule has 1 aliphatic heterocycles. The van der Waals surface area contributed by atoms with E-state index in [9.17, 15) is 14.0 Å². The molecule has 0 aliphatic carbocycles. The first kappa shape index (κ1) is 31.6. The number of carbonyl (C=O) groups excluding carboxylic acids is 2. The van der Waals surface area contributed by atoms with E-state index in [0.717, 1.165) is 11.3 Å². The fourth-order valence-corrected chi connectivity index (χ4v) is 4.75. The predicted molar refractivity (Wildman–Crippen MR) is 168 cm³/mol. The SMILES string of the molecule is Cc1cc(Oc2ccc(NC(=O)Nc3nn(-c4cccc(C(=O)NCC5COC(C)(C)O5)c4)cc3C(C)(C)C)c(F)c2)ccn1. The van der Waals surface area contributed by atoms with Crippen molar-refractivity contribution >= 4 is 23.4 Å². The van der Waals surface area contributed by atoms with Gasteiger partial charge < -0.3 is 24.8 Å². The highest BCUT2D eigenvalue weighted by Crippen LogP contribution is 2.31. The molecule has 1 saturated heterocycles. The molecule has 1 unspecified atom stereocenters. The van der Waals surface area contributed by atoms with E-state index in [1.54, 1.807) is 53.5 Å². The molecule has 2 aromatic heterocycles. The first-order valence-corrected chi connectivity index (χ1v) is 14.5. The number of rotatable bonds is 8. The van der Waals surface area contributed by atoms with Gasteiger partial charge in [0, 0.05) is 47.9 Å². The van der Waals surface area contributed by atoms with E-state index < -0.39 is 23.1 Å². The maximum absolute atomic E-state index is 14.9. The summed E-state index contributed by atoms with van der Waals surface area (Å²) >= 11 is 0. The third-order valence-electron chi connectivity index (χ3n) is 6.98. The number of aryl methyl sites for hydroxylation is 1. The average Bonchev–Trinajstić information content (AvgIpc) is 3.56. The molecular weight excluding hydrogens is 579 g/mol. The Hall–Kier alpha value is -4.81. The molecule has 3 heterocycles. The normalized spacial score (nSPS) is 15.8. The fraction of sp³-hybridized carbons (Fsp3) is 0.333. The number of urea groups is 1. The summed E-state index contributed by atoms with van der Waals surface area (Å²) in [4.78, 5) is 30.0. The van der Waals surface area contributed by atoms with Crippen molar-refractivity contribution in [2.75, 3.05) is 23.8 Å². The molecule has 11 nitrogen and oxygen atoms in total. The summed E-state index contributed by atoms with van der Waals surface area (Å²) in [6.07, 6.45) is 3.17. The predicted octanol–water partition coefficient (Wildman–Crippen LogP) is 6.33. The van der Waals surface area contributed by atoms with Crippen LogP contribution in [-0.2, 0) is 14.9 Å². The molecule has 0 spiro atoms. The molecule has 0 radical (unpaired) electrons. The van der Waals surface area contributed by atoms with Crippen LogP contribution in [-0.4, -0.2) is 51.7 Å². The Morgan fingerprint density at radius 1 is 1.09 bits per heavy atom. The first-order chi connectivity index (χ1) is 21.3. The highest BCUT2D eigenvalue weighted by atomic mass is 19.1. The molecule has 0 bridgehead atoms. The van der Waals surface area contributed by atoms with Crippen molar-refractivity contribution < 1.29 is 28.2 Å². The van der Waals surface area contributed by atoms with Crippen molar-refractivity contribution in [3.05, 3.63) is 89.6 Å². The third kappa shape index (κ3) is 8.02. The van der Waals surface area contributed by atoms with Crippen molar-refractivity contribution in [1.29, 1.82) is 0 Å². The van der Waals surface area contributed by atoms with Gasteiger partial charge in [0.1, 0.15) is 23.4 Å². The van der Waals surface area contributed by atoms with E-state index in [-0.39, 0.29) is 23.4 Å². The molecular formula is C33H37FN6O5. The number of anilines is 2. The van der Waals surface area contributed by atoms with Gasteiger partial charge in [-0.05, 0) is 62.6 Å². The zero-order valence-corrected chi connectivity index (χ0v) is 26.1. The van der Waals surface area contributed by atoms with Crippen LogP contribution in [0.1, 0.15) is 56.2 Å². The zero-order chi connectivity index (χ0) is 32.4. The number of nitrogens with zero attached hydrogens (tertiary/aromatic N) is 3. The lowest BCUT2D eigenvalue weighted by molar-refractivity contribution is -0.137. The van der Waals surface area contributed by atoms with E-state index in [1.165, 1.54) is 12.1 Å². The largest absolute Gasteiger partial charge is 0.457 e. The quantitative estimate of drug-likeness (QED) is 0.211. The number of nitrogens with one attached hydrogen (secondary N) is 3. The summed E-state index contributed by atoms with van der Waals surface area (Å²) in [6.45, 7) is 12.2. The van der Waals surface area contributed by atoms with E-state index in [0.29, 0.717) is 36.0 Å². The Labute approximate surface area is 261 Å². The second-order valence-electron chi connectivity index (χ2n) is 12.3. The van der Waals surface area contributed by atoms with Crippen molar-refractivity contribution in [1.82, 2.24) is 20.1 Å². The molecule has 3 N–H and O–H groups in total. The van der Waals surface area contributed by atoms with Gasteiger partial charge in [0.15, 0.2) is 11.6 Å². The van der Waals surface area contributed by atoms with Gasteiger partial charge in [-0.25, -0.2) is 13.9 Å². The molecule has 0 saturated carbocycles. The lowest BCUT2D eigenvalue weighted by Gasteiger charge is -2.18. The van der Waals surface area contributed by atoms with Gasteiger partial charge in [-0.3, -0.25) is 15.1 Å². The third-order valence-corrected chi connectivity index (χ3v) is 6.98. The number of carbonyl (C=O) groups is 2.